The summed E-state index contributed by atoms with van der Waals surface area (Å²) >= 11 is 0. The molecule has 0 amide bonds. The van der Waals surface area contributed by atoms with E-state index < -0.39 is 11.2 Å². The van der Waals surface area contributed by atoms with Crippen LogP contribution in [0, 0.1) is 5.92 Å². The van der Waals surface area contributed by atoms with Crippen molar-refractivity contribution in [2.24, 2.45) is 13.0 Å². The van der Waals surface area contributed by atoms with E-state index in [4.69, 9.17) is 9.72 Å². The minimum Gasteiger partial charge on any atom is -0.457 e. The lowest BCUT2D eigenvalue weighted by Gasteiger charge is -2.33. The second-order valence-corrected chi connectivity index (χ2v) is 8.75. The first-order chi connectivity index (χ1) is 16.3. The zero-order valence-electron chi connectivity index (χ0n) is 19.3. The molecule has 3 heterocycles. The molecule has 1 aliphatic rings. The predicted molar refractivity (Wildman–Crippen MR) is 129 cm³/mol. The second-order valence-electron chi connectivity index (χ2n) is 8.75. The number of benzene rings is 2. The van der Waals surface area contributed by atoms with Gasteiger partial charge in [-0.25, -0.2) is 4.79 Å². The summed E-state index contributed by atoms with van der Waals surface area (Å²) in [5, 5.41) is 0. The molecule has 4 aromatic rings. The molecule has 5 rings (SSSR count). The summed E-state index contributed by atoms with van der Waals surface area (Å²) in [6.07, 6.45) is 0. The highest BCUT2D eigenvalue weighted by molar-refractivity contribution is 5.78. The number of Topliss-reactive ketones (excluding diaryl/α,β-unsaturated/α-hetero) is 1. The Morgan fingerprint density at radius 1 is 1.03 bits per heavy atom. The number of hydrogen-bond donors (Lipinski definition) is 0. The molecule has 174 valence electrons. The number of ether oxygens (including phenoxy) is 1. The van der Waals surface area contributed by atoms with Crippen LogP contribution >= 0.6 is 0 Å². The van der Waals surface area contributed by atoms with Gasteiger partial charge in [0, 0.05) is 25.8 Å². The second kappa shape index (κ2) is 8.33. The number of anilines is 2. The predicted octanol–water partition coefficient (Wildman–Crippen LogP) is 3.07. The van der Waals surface area contributed by atoms with Crippen LogP contribution in [0.25, 0.3) is 11.2 Å². The fraction of sp³-hybridized carbons (Fsp3) is 0.280. The number of aromatic nitrogens is 4. The zero-order valence-corrected chi connectivity index (χ0v) is 19.3. The van der Waals surface area contributed by atoms with Crippen LogP contribution in [0.15, 0.2) is 64.2 Å². The molecule has 0 aliphatic carbocycles. The maximum absolute atomic E-state index is 13.2. The van der Waals surface area contributed by atoms with Gasteiger partial charge in [-0.15, -0.1) is 0 Å². The van der Waals surface area contributed by atoms with Gasteiger partial charge in [0.2, 0.25) is 5.95 Å². The van der Waals surface area contributed by atoms with Crippen LogP contribution in [0.4, 0.5) is 11.6 Å². The first-order valence-corrected chi connectivity index (χ1v) is 11.1. The summed E-state index contributed by atoms with van der Waals surface area (Å²) in [6.45, 7) is 4.49. The first kappa shape index (κ1) is 21.7. The Bertz CT molecular complexity index is 1500. The standard InChI is InChI=1S/C25H25N5O4/c1-16-13-28(18-9-11-20(12-10-18)34-19-7-5-4-6-8-19)24-26-22-21(29(24)14-16)23(32)30(15-17(2)31)25(33)27(22)3/h4-12,16H,13-15H2,1-3H3/t16-/m0/s1. The maximum Gasteiger partial charge on any atom is 0.332 e. The Labute approximate surface area is 195 Å². The summed E-state index contributed by atoms with van der Waals surface area (Å²) in [4.78, 5) is 44.4. The van der Waals surface area contributed by atoms with Crippen molar-refractivity contribution in [2.75, 3.05) is 11.4 Å². The Hall–Kier alpha value is -4.14. The van der Waals surface area contributed by atoms with E-state index in [0.29, 0.717) is 36.0 Å². The summed E-state index contributed by atoms with van der Waals surface area (Å²) < 4.78 is 10.1. The van der Waals surface area contributed by atoms with Gasteiger partial charge in [0.05, 0.1) is 6.54 Å². The summed E-state index contributed by atoms with van der Waals surface area (Å²) in [7, 11) is 1.57. The van der Waals surface area contributed by atoms with Crippen molar-refractivity contribution in [3.63, 3.8) is 0 Å². The van der Waals surface area contributed by atoms with Crippen LogP contribution in [0.1, 0.15) is 13.8 Å². The molecule has 0 spiro atoms. The molecule has 0 fully saturated rings. The molecule has 0 saturated carbocycles. The lowest BCUT2D eigenvalue weighted by Crippen LogP contribution is -2.41. The Kier molecular flexibility index (Phi) is 5.31. The van der Waals surface area contributed by atoms with Crippen molar-refractivity contribution in [2.45, 2.75) is 26.9 Å². The maximum atomic E-state index is 13.2. The molecular weight excluding hydrogens is 434 g/mol. The molecule has 0 radical (unpaired) electrons. The van der Waals surface area contributed by atoms with E-state index in [1.54, 1.807) is 7.05 Å². The molecule has 2 aromatic carbocycles. The fourth-order valence-electron chi connectivity index (χ4n) is 4.40. The van der Waals surface area contributed by atoms with Crippen LogP contribution in [0.2, 0.25) is 0 Å². The quantitative estimate of drug-likeness (QED) is 0.456. The van der Waals surface area contributed by atoms with E-state index in [1.807, 2.05) is 64.1 Å². The van der Waals surface area contributed by atoms with Gasteiger partial charge in [-0.3, -0.25) is 18.7 Å². The number of fused-ring (bicyclic) bond motifs is 3. The molecule has 1 aliphatic heterocycles. The summed E-state index contributed by atoms with van der Waals surface area (Å²) in [5.41, 5.74) is 0.502. The third-order valence-electron chi connectivity index (χ3n) is 5.95. The van der Waals surface area contributed by atoms with E-state index in [9.17, 15) is 14.4 Å². The number of rotatable bonds is 5. The molecule has 0 N–H and O–H groups in total. The fourth-order valence-corrected chi connectivity index (χ4v) is 4.40. The minimum absolute atomic E-state index is 0.225. The Morgan fingerprint density at radius 3 is 2.38 bits per heavy atom. The zero-order chi connectivity index (χ0) is 24.0. The van der Waals surface area contributed by atoms with Crippen LogP contribution in [-0.2, 0) is 24.9 Å². The van der Waals surface area contributed by atoms with Gasteiger partial charge in [0.1, 0.15) is 17.3 Å². The SMILES string of the molecule is CC(=O)Cn1c(=O)c2c(nc3n2C[C@@H](C)CN3c2ccc(Oc3ccccc3)cc2)n(C)c1=O. The third kappa shape index (κ3) is 3.68. The van der Waals surface area contributed by atoms with Crippen molar-refractivity contribution < 1.29 is 9.53 Å². The lowest BCUT2D eigenvalue weighted by molar-refractivity contribution is -0.117. The van der Waals surface area contributed by atoms with E-state index >= 15 is 0 Å². The molecule has 34 heavy (non-hydrogen) atoms. The minimum atomic E-state index is -0.551. The average Bonchev–Trinajstić information content (AvgIpc) is 3.20. The monoisotopic (exact) mass is 459 g/mol. The topological polar surface area (TPSA) is 91.4 Å². The highest BCUT2D eigenvalue weighted by atomic mass is 16.5. The number of hydrogen-bond acceptors (Lipinski definition) is 6. The highest BCUT2D eigenvalue weighted by Gasteiger charge is 2.30. The molecular formula is C25H25N5O4. The molecule has 0 saturated heterocycles. The number of para-hydroxylation sites is 1. The number of carbonyl (C=O) groups is 1. The van der Waals surface area contributed by atoms with E-state index in [-0.39, 0.29) is 18.2 Å². The molecule has 2 aromatic heterocycles. The average molecular weight is 460 g/mol. The van der Waals surface area contributed by atoms with E-state index in [0.717, 1.165) is 16.0 Å². The largest absolute Gasteiger partial charge is 0.457 e. The highest BCUT2D eigenvalue weighted by Crippen LogP contribution is 2.34. The van der Waals surface area contributed by atoms with Gasteiger partial charge in [-0.05, 0) is 49.2 Å². The van der Waals surface area contributed by atoms with Gasteiger partial charge in [-0.2, -0.15) is 4.98 Å². The normalized spacial score (nSPS) is 15.4. The van der Waals surface area contributed by atoms with Gasteiger partial charge < -0.3 is 14.2 Å². The van der Waals surface area contributed by atoms with Crippen molar-refractivity contribution >= 4 is 28.6 Å². The number of carbonyl (C=O) groups excluding carboxylic acids is 1. The molecule has 9 nitrogen and oxygen atoms in total. The molecule has 0 bridgehead atoms. The van der Waals surface area contributed by atoms with Gasteiger partial charge in [0.25, 0.3) is 5.56 Å². The summed E-state index contributed by atoms with van der Waals surface area (Å²) in [5.74, 6) is 2.03. The van der Waals surface area contributed by atoms with E-state index in [2.05, 4.69) is 6.92 Å². The van der Waals surface area contributed by atoms with Crippen LogP contribution in [0.3, 0.4) is 0 Å². The van der Waals surface area contributed by atoms with Crippen molar-refractivity contribution in [1.82, 2.24) is 18.7 Å². The van der Waals surface area contributed by atoms with Crippen LogP contribution in [-0.4, -0.2) is 31.0 Å². The molecule has 0 unspecified atom stereocenters. The van der Waals surface area contributed by atoms with Gasteiger partial charge >= 0.3 is 5.69 Å². The van der Waals surface area contributed by atoms with E-state index in [1.165, 1.54) is 11.5 Å². The number of imidazole rings is 1. The van der Waals surface area contributed by atoms with Crippen LogP contribution in [0.5, 0.6) is 11.5 Å². The van der Waals surface area contributed by atoms with Crippen molar-refractivity contribution in [3.8, 4) is 11.5 Å². The number of aryl methyl sites for hydroxylation is 1. The number of ketones is 1. The Morgan fingerprint density at radius 2 is 1.71 bits per heavy atom. The van der Waals surface area contributed by atoms with Crippen LogP contribution < -0.4 is 20.9 Å². The molecule has 1 atom stereocenters. The van der Waals surface area contributed by atoms with Gasteiger partial charge in [-0.1, -0.05) is 25.1 Å². The van der Waals surface area contributed by atoms with Crippen molar-refractivity contribution in [3.05, 3.63) is 75.4 Å². The van der Waals surface area contributed by atoms with Crippen molar-refractivity contribution in [1.29, 1.82) is 0 Å². The first-order valence-electron chi connectivity index (χ1n) is 11.1. The third-order valence-corrected chi connectivity index (χ3v) is 5.95. The smallest absolute Gasteiger partial charge is 0.332 e. The lowest BCUT2D eigenvalue weighted by atomic mass is 10.1. The van der Waals surface area contributed by atoms with Gasteiger partial charge in [0.15, 0.2) is 11.2 Å². The molecule has 9 heteroatoms. The Balaban J connectivity index is 1.58. The summed E-state index contributed by atoms with van der Waals surface area (Å²) in [6, 6.07) is 17.2. The number of nitrogens with zero attached hydrogens (tertiary/aromatic N) is 5.